The largest absolute Gasteiger partial charge is 0.399 e. The normalized spacial score (nSPS) is 20.9. The van der Waals surface area contributed by atoms with Crippen LogP contribution in [0.4, 0.5) is 21.5 Å². The van der Waals surface area contributed by atoms with Crippen molar-refractivity contribution in [2.45, 2.75) is 32.6 Å². The van der Waals surface area contributed by atoms with Gasteiger partial charge in [0.15, 0.2) is 0 Å². The Morgan fingerprint density at radius 2 is 1.79 bits per heavy atom. The van der Waals surface area contributed by atoms with E-state index in [0.29, 0.717) is 12.2 Å². The minimum absolute atomic E-state index is 0.153. The van der Waals surface area contributed by atoms with Crippen LogP contribution in [0.1, 0.15) is 19.4 Å². The van der Waals surface area contributed by atoms with E-state index in [9.17, 15) is 4.39 Å². The van der Waals surface area contributed by atoms with Gasteiger partial charge in [0.2, 0.25) is 0 Å². The predicted molar refractivity (Wildman–Crippen MR) is 96.8 cm³/mol. The standard InChI is InChI=1S/C19H24FN3O/c1-13-11-23(12-14(2)24-13)17-7-8-19(18(20)9-17)22-10-15-3-5-16(21)6-4-15/h3-9,13-14,22H,10-12,21H2,1-2H3/t13-,14+. The first-order chi connectivity index (χ1) is 11.5. The lowest BCUT2D eigenvalue weighted by Gasteiger charge is -2.37. The topological polar surface area (TPSA) is 50.5 Å². The third kappa shape index (κ3) is 3.97. The summed E-state index contributed by atoms with van der Waals surface area (Å²) in [5.41, 5.74) is 8.86. The van der Waals surface area contributed by atoms with Crippen molar-refractivity contribution in [2.24, 2.45) is 0 Å². The zero-order chi connectivity index (χ0) is 17.1. The predicted octanol–water partition coefficient (Wildman–Crippen LogP) is 3.63. The summed E-state index contributed by atoms with van der Waals surface area (Å²) in [7, 11) is 0. The number of nitrogens with one attached hydrogen (secondary N) is 1. The minimum Gasteiger partial charge on any atom is -0.399 e. The third-order valence-corrected chi connectivity index (χ3v) is 4.20. The smallest absolute Gasteiger partial charge is 0.148 e. The van der Waals surface area contributed by atoms with E-state index in [0.717, 1.165) is 30.0 Å². The van der Waals surface area contributed by atoms with Crippen LogP contribution in [0, 0.1) is 5.82 Å². The Morgan fingerprint density at radius 3 is 2.42 bits per heavy atom. The summed E-state index contributed by atoms with van der Waals surface area (Å²) in [5.74, 6) is -0.241. The van der Waals surface area contributed by atoms with Gasteiger partial charge in [-0.25, -0.2) is 4.39 Å². The molecule has 0 unspecified atom stereocenters. The molecule has 2 aromatic rings. The van der Waals surface area contributed by atoms with Gasteiger partial charge in [-0.15, -0.1) is 0 Å². The molecule has 0 amide bonds. The Hall–Kier alpha value is -2.27. The fourth-order valence-electron chi connectivity index (χ4n) is 3.07. The highest BCUT2D eigenvalue weighted by Gasteiger charge is 2.22. The Morgan fingerprint density at radius 1 is 1.12 bits per heavy atom. The molecular weight excluding hydrogens is 305 g/mol. The highest BCUT2D eigenvalue weighted by atomic mass is 19.1. The van der Waals surface area contributed by atoms with Crippen LogP contribution in [0.15, 0.2) is 42.5 Å². The van der Waals surface area contributed by atoms with Crippen LogP contribution < -0.4 is 16.0 Å². The van der Waals surface area contributed by atoms with Gasteiger partial charge in [0.05, 0.1) is 17.9 Å². The van der Waals surface area contributed by atoms with Crippen molar-refractivity contribution in [1.29, 1.82) is 0 Å². The van der Waals surface area contributed by atoms with E-state index in [-0.39, 0.29) is 18.0 Å². The number of nitrogen functional groups attached to an aromatic ring is 1. The molecule has 2 atom stereocenters. The van der Waals surface area contributed by atoms with E-state index >= 15 is 0 Å². The van der Waals surface area contributed by atoms with Crippen molar-refractivity contribution in [3.05, 3.63) is 53.8 Å². The summed E-state index contributed by atoms with van der Waals surface area (Å²) >= 11 is 0. The molecule has 1 heterocycles. The van der Waals surface area contributed by atoms with E-state index in [1.54, 1.807) is 12.1 Å². The molecule has 128 valence electrons. The van der Waals surface area contributed by atoms with E-state index < -0.39 is 0 Å². The Balaban J connectivity index is 1.67. The minimum atomic E-state index is -0.241. The Bertz CT molecular complexity index is 680. The fraction of sp³-hybridized carbons (Fsp3) is 0.368. The first kappa shape index (κ1) is 16.6. The monoisotopic (exact) mass is 329 g/mol. The van der Waals surface area contributed by atoms with Crippen molar-refractivity contribution in [2.75, 3.05) is 29.0 Å². The number of hydrogen-bond donors (Lipinski definition) is 2. The number of nitrogens with zero attached hydrogens (tertiary/aromatic N) is 1. The number of anilines is 3. The lowest BCUT2D eigenvalue weighted by molar-refractivity contribution is -0.00523. The summed E-state index contributed by atoms with van der Waals surface area (Å²) in [5, 5.41) is 3.14. The molecule has 2 aromatic carbocycles. The maximum absolute atomic E-state index is 14.4. The van der Waals surface area contributed by atoms with Crippen LogP contribution in [-0.4, -0.2) is 25.3 Å². The second-order valence-electron chi connectivity index (χ2n) is 6.42. The maximum Gasteiger partial charge on any atom is 0.148 e. The molecule has 3 N–H and O–H groups in total. The second kappa shape index (κ2) is 7.09. The summed E-state index contributed by atoms with van der Waals surface area (Å²) in [6.45, 7) is 6.20. The van der Waals surface area contributed by atoms with Gasteiger partial charge in [-0.1, -0.05) is 12.1 Å². The SMILES string of the molecule is C[C@@H]1CN(c2ccc(NCc3ccc(N)cc3)c(F)c2)C[C@H](C)O1. The number of benzene rings is 2. The molecule has 1 aliphatic heterocycles. The zero-order valence-corrected chi connectivity index (χ0v) is 14.1. The Kier molecular flexibility index (Phi) is 4.90. The van der Waals surface area contributed by atoms with Gasteiger partial charge in [0.1, 0.15) is 5.82 Å². The lowest BCUT2D eigenvalue weighted by Crippen LogP contribution is -2.45. The van der Waals surface area contributed by atoms with Crippen molar-refractivity contribution in [1.82, 2.24) is 0 Å². The van der Waals surface area contributed by atoms with Gasteiger partial charge in [-0.3, -0.25) is 0 Å². The zero-order valence-electron chi connectivity index (χ0n) is 14.1. The van der Waals surface area contributed by atoms with E-state index in [1.807, 2.05) is 44.2 Å². The fourth-order valence-corrected chi connectivity index (χ4v) is 3.07. The molecule has 1 fully saturated rings. The number of rotatable bonds is 4. The highest BCUT2D eigenvalue weighted by molar-refractivity contribution is 5.57. The molecule has 1 aliphatic rings. The molecule has 24 heavy (non-hydrogen) atoms. The molecular formula is C19H24FN3O. The van der Waals surface area contributed by atoms with Gasteiger partial charge >= 0.3 is 0 Å². The summed E-state index contributed by atoms with van der Waals surface area (Å²) in [6, 6.07) is 12.9. The van der Waals surface area contributed by atoms with E-state index in [4.69, 9.17) is 10.5 Å². The molecule has 3 rings (SSSR count). The maximum atomic E-state index is 14.4. The number of nitrogens with two attached hydrogens (primary N) is 1. The van der Waals surface area contributed by atoms with Gasteiger partial charge in [-0.05, 0) is 49.7 Å². The van der Waals surface area contributed by atoms with Crippen molar-refractivity contribution < 1.29 is 9.13 Å². The Labute approximate surface area is 142 Å². The van der Waals surface area contributed by atoms with Crippen LogP contribution >= 0.6 is 0 Å². The number of morpholine rings is 1. The average molecular weight is 329 g/mol. The average Bonchev–Trinajstić information content (AvgIpc) is 2.54. The van der Waals surface area contributed by atoms with Gasteiger partial charge in [0.25, 0.3) is 0 Å². The first-order valence-electron chi connectivity index (χ1n) is 8.29. The number of ether oxygens (including phenoxy) is 1. The van der Waals surface area contributed by atoms with Gasteiger partial charge in [-0.2, -0.15) is 0 Å². The van der Waals surface area contributed by atoms with Crippen LogP contribution in [0.3, 0.4) is 0 Å². The lowest BCUT2D eigenvalue weighted by atomic mass is 10.1. The summed E-state index contributed by atoms with van der Waals surface area (Å²) < 4.78 is 20.2. The molecule has 4 nitrogen and oxygen atoms in total. The van der Waals surface area contributed by atoms with Gasteiger partial charge in [0, 0.05) is 31.0 Å². The summed E-state index contributed by atoms with van der Waals surface area (Å²) in [6.07, 6.45) is 0.306. The molecule has 5 heteroatoms. The quantitative estimate of drug-likeness (QED) is 0.841. The molecule has 0 aromatic heterocycles. The van der Waals surface area contributed by atoms with Gasteiger partial charge < -0.3 is 20.7 Å². The molecule has 0 bridgehead atoms. The highest BCUT2D eigenvalue weighted by Crippen LogP contribution is 2.25. The number of hydrogen-bond acceptors (Lipinski definition) is 4. The molecule has 0 saturated carbocycles. The van der Waals surface area contributed by atoms with Crippen molar-refractivity contribution in [3.63, 3.8) is 0 Å². The summed E-state index contributed by atoms with van der Waals surface area (Å²) in [4.78, 5) is 2.17. The van der Waals surface area contributed by atoms with Crippen LogP contribution in [0.25, 0.3) is 0 Å². The van der Waals surface area contributed by atoms with Crippen molar-refractivity contribution in [3.8, 4) is 0 Å². The third-order valence-electron chi connectivity index (χ3n) is 4.20. The van der Waals surface area contributed by atoms with E-state index in [2.05, 4.69) is 10.2 Å². The van der Waals surface area contributed by atoms with Crippen LogP contribution in [0.5, 0.6) is 0 Å². The first-order valence-corrected chi connectivity index (χ1v) is 8.29. The van der Waals surface area contributed by atoms with Crippen molar-refractivity contribution >= 4 is 17.1 Å². The van der Waals surface area contributed by atoms with Crippen LogP contribution in [0.2, 0.25) is 0 Å². The molecule has 0 aliphatic carbocycles. The molecule has 0 spiro atoms. The van der Waals surface area contributed by atoms with E-state index in [1.165, 1.54) is 0 Å². The second-order valence-corrected chi connectivity index (χ2v) is 6.42. The molecule has 0 radical (unpaired) electrons. The number of halogens is 1. The molecule has 1 saturated heterocycles. The van der Waals surface area contributed by atoms with Crippen LogP contribution in [-0.2, 0) is 11.3 Å².